The van der Waals surface area contributed by atoms with Crippen molar-refractivity contribution in [2.24, 2.45) is 0 Å². The largest absolute Gasteiger partial charge is 0.484 e. The van der Waals surface area contributed by atoms with Crippen molar-refractivity contribution in [2.45, 2.75) is 46.2 Å². The minimum atomic E-state index is -0.626. The third-order valence-electron chi connectivity index (χ3n) is 4.68. The van der Waals surface area contributed by atoms with Gasteiger partial charge in [0, 0.05) is 18.1 Å². The number of para-hydroxylation sites is 1. The van der Waals surface area contributed by atoms with Gasteiger partial charge in [-0.3, -0.25) is 9.59 Å². The molecule has 0 aliphatic carbocycles. The predicted octanol–water partition coefficient (Wildman–Crippen LogP) is 4.36. The Morgan fingerprint density at radius 1 is 1.17 bits per heavy atom. The van der Waals surface area contributed by atoms with Crippen LogP contribution >= 0.6 is 11.6 Å². The van der Waals surface area contributed by atoms with Crippen LogP contribution in [0.3, 0.4) is 0 Å². The number of benzene rings is 2. The van der Waals surface area contributed by atoms with E-state index < -0.39 is 6.04 Å². The Hall–Kier alpha value is -2.53. The highest BCUT2D eigenvalue weighted by Gasteiger charge is 2.26. The first-order valence-electron chi connectivity index (χ1n) is 9.92. The molecule has 0 aliphatic heterocycles. The van der Waals surface area contributed by atoms with Gasteiger partial charge in [0.1, 0.15) is 11.8 Å². The van der Waals surface area contributed by atoms with Crippen LogP contribution in [0.2, 0.25) is 5.02 Å². The van der Waals surface area contributed by atoms with Crippen molar-refractivity contribution in [1.29, 1.82) is 0 Å². The summed E-state index contributed by atoms with van der Waals surface area (Å²) in [6, 6.07) is 14.2. The second-order valence-electron chi connectivity index (χ2n) is 7.03. The van der Waals surface area contributed by atoms with E-state index in [1.54, 1.807) is 19.1 Å². The zero-order chi connectivity index (χ0) is 21.2. The second kappa shape index (κ2) is 11.5. The monoisotopic (exact) mass is 416 g/mol. The number of carbonyl (C=O) groups is 2. The van der Waals surface area contributed by atoms with E-state index in [0.29, 0.717) is 17.3 Å². The quantitative estimate of drug-likeness (QED) is 0.585. The summed E-state index contributed by atoms with van der Waals surface area (Å²) in [4.78, 5) is 27.1. The number of nitrogens with zero attached hydrogens (tertiary/aromatic N) is 1. The van der Waals surface area contributed by atoms with Crippen LogP contribution in [0, 0.1) is 6.92 Å². The van der Waals surface area contributed by atoms with Crippen molar-refractivity contribution in [1.82, 2.24) is 10.2 Å². The highest BCUT2D eigenvalue weighted by Crippen LogP contribution is 2.18. The molecule has 29 heavy (non-hydrogen) atoms. The van der Waals surface area contributed by atoms with Crippen molar-refractivity contribution in [2.75, 3.05) is 13.2 Å². The summed E-state index contributed by atoms with van der Waals surface area (Å²) in [5.41, 5.74) is 1.81. The van der Waals surface area contributed by atoms with Crippen LogP contribution in [0.25, 0.3) is 0 Å². The summed E-state index contributed by atoms with van der Waals surface area (Å²) >= 11 is 6.09. The summed E-state index contributed by atoms with van der Waals surface area (Å²) in [7, 11) is 0. The summed E-state index contributed by atoms with van der Waals surface area (Å²) in [5, 5.41) is 3.49. The lowest BCUT2D eigenvalue weighted by atomic mass is 10.1. The first-order chi connectivity index (χ1) is 13.9. The number of rotatable bonds is 10. The fourth-order valence-electron chi connectivity index (χ4n) is 2.89. The van der Waals surface area contributed by atoms with Crippen molar-refractivity contribution in [3.8, 4) is 5.75 Å². The van der Waals surface area contributed by atoms with E-state index in [9.17, 15) is 9.59 Å². The minimum Gasteiger partial charge on any atom is -0.484 e. The predicted molar refractivity (Wildman–Crippen MR) is 116 cm³/mol. The summed E-state index contributed by atoms with van der Waals surface area (Å²) in [6.45, 7) is 6.45. The van der Waals surface area contributed by atoms with Gasteiger partial charge < -0.3 is 15.0 Å². The number of nitrogens with one attached hydrogen (secondary N) is 1. The smallest absolute Gasteiger partial charge is 0.261 e. The molecule has 1 atom stereocenters. The maximum atomic E-state index is 13.0. The Bertz CT molecular complexity index is 825. The molecule has 0 heterocycles. The molecule has 1 N–H and O–H groups in total. The van der Waals surface area contributed by atoms with Crippen molar-refractivity contribution in [3.05, 3.63) is 64.7 Å². The van der Waals surface area contributed by atoms with Gasteiger partial charge in [0.05, 0.1) is 0 Å². The number of unbranched alkanes of at least 4 members (excludes halogenated alkanes) is 1. The Morgan fingerprint density at radius 2 is 1.93 bits per heavy atom. The molecule has 0 saturated carbocycles. The number of hydrogen-bond acceptors (Lipinski definition) is 3. The molecular formula is C23H29ClN2O3. The fraction of sp³-hybridized carbons (Fsp3) is 0.391. The number of halogens is 1. The maximum absolute atomic E-state index is 13.0. The van der Waals surface area contributed by atoms with Gasteiger partial charge in [-0.05, 0) is 49.6 Å². The van der Waals surface area contributed by atoms with Gasteiger partial charge in [0.15, 0.2) is 6.61 Å². The van der Waals surface area contributed by atoms with Gasteiger partial charge >= 0.3 is 0 Å². The van der Waals surface area contributed by atoms with E-state index >= 15 is 0 Å². The van der Waals surface area contributed by atoms with Crippen LogP contribution in [0.4, 0.5) is 0 Å². The molecule has 2 aromatic rings. The van der Waals surface area contributed by atoms with Crippen LogP contribution in [-0.4, -0.2) is 35.9 Å². The number of ether oxygens (including phenoxy) is 1. The van der Waals surface area contributed by atoms with E-state index in [2.05, 4.69) is 12.2 Å². The average Bonchev–Trinajstić information content (AvgIpc) is 2.71. The van der Waals surface area contributed by atoms with Crippen molar-refractivity contribution in [3.63, 3.8) is 0 Å². The van der Waals surface area contributed by atoms with Gasteiger partial charge in [-0.1, -0.05) is 55.3 Å². The van der Waals surface area contributed by atoms with E-state index in [4.69, 9.17) is 16.3 Å². The van der Waals surface area contributed by atoms with E-state index in [1.165, 1.54) is 4.90 Å². The zero-order valence-corrected chi connectivity index (χ0v) is 18.0. The lowest BCUT2D eigenvalue weighted by Crippen LogP contribution is -2.49. The normalized spacial score (nSPS) is 11.6. The van der Waals surface area contributed by atoms with Gasteiger partial charge in [-0.2, -0.15) is 0 Å². The molecule has 1 unspecified atom stereocenters. The number of amides is 2. The summed E-state index contributed by atoms with van der Waals surface area (Å²) < 4.78 is 5.72. The van der Waals surface area contributed by atoms with E-state index in [-0.39, 0.29) is 25.0 Å². The lowest BCUT2D eigenvalue weighted by Gasteiger charge is -2.29. The Labute approximate surface area is 178 Å². The molecule has 0 fully saturated rings. The van der Waals surface area contributed by atoms with Crippen molar-refractivity contribution >= 4 is 23.4 Å². The molecule has 0 aromatic heterocycles. The first kappa shape index (κ1) is 22.8. The fourth-order valence-corrected chi connectivity index (χ4v) is 3.10. The Balaban J connectivity index is 2.12. The molecule has 0 aliphatic rings. The number of carbonyl (C=O) groups excluding carboxylic acids is 2. The number of aryl methyl sites for hydroxylation is 1. The maximum Gasteiger partial charge on any atom is 0.261 e. The van der Waals surface area contributed by atoms with Crippen LogP contribution in [-0.2, 0) is 16.1 Å². The van der Waals surface area contributed by atoms with Gasteiger partial charge in [0.25, 0.3) is 5.91 Å². The topological polar surface area (TPSA) is 58.6 Å². The van der Waals surface area contributed by atoms with E-state index in [0.717, 1.165) is 24.0 Å². The molecule has 156 valence electrons. The molecule has 2 rings (SSSR count). The van der Waals surface area contributed by atoms with Crippen LogP contribution in [0.15, 0.2) is 48.5 Å². The van der Waals surface area contributed by atoms with Crippen molar-refractivity contribution < 1.29 is 14.3 Å². The molecule has 5 nitrogen and oxygen atoms in total. The molecular weight excluding hydrogens is 388 g/mol. The highest BCUT2D eigenvalue weighted by molar-refractivity contribution is 6.30. The van der Waals surface area contributed by atoms with Crippen LogP contribution in [0.5, 0.6) is 5.75 Å². The van der Waals surface area contributed by atoms with Crippen LogP contribution < -0.4 is 10.1 Å². The molecule has 2 amide bonds. The molecule has 2 aromatic carbocycles. The first-order valence-corrected chi connectivity index (χ1v) is 10.3. The minimum absolute atomic E-state index is 0.141. The highest BCUT2D eigenvalue weighted by atomic mass is 35.5. The molecule has 0 bridgehead atoms. The van der Waals surface area contributed by atoms with Gasteiger partial charge in [-0.25, -0.2) is 0 Å². The molecule has 0 spiro atoms. The molecule has 6 heteroatoms. The Kier molecular flexibility index (Phi) is 9.00. The molecule has 0 radical (unpaired) electrons. The SMILES string of the molecule is CCCCNC(=O)C(C)N(Cc1cccc(Cl)c1)C(=O)COc1ccccc1C. The standard InChI is InChI=1S/C23H29ClN2O3/c1-4-5-13-25-23(28)18(3)26(15-19-10-8-11-20(24)14-19)22(27)16-29-21-12-7-6-9-17(21)2/h6-12,14,18H,4-5,13,15-16H2,1-3H3,(H,25,28). The number of hydrogen-bond donors (Lipinski definition) is 1. The second-order valence-corrected chi connectivity index (χ2v) is 7.46. The molecule has 0 saturated heterocycles. The zero-order valence-electron chi connectivity index (χ0n) is 17.3. The lowest BCUT2D eigenvalue weighted by molar-refractivity contribution is -0.142. The van der Waals surface area contributed by atoms with Gasteiger partial charge in [0.2, 0.25) is 5.91 Å². The van der Waals surface area contributed by atoms with Gasteiger partial charge in [-0.15, -0.1) is 0 Å². The third kappa shape index (κ3) is 7.09. The average molecular weight is 417 g/mol. The van der Waals surface area contributed by atoms with Crippen LogP contribution in [0.1, 0.15) is 37.8 Å². The third-order valence-corrected chi connectivity index (χ3v) is 4.92. The van der Waals surface area contributed by atoms with E-state index in [1.807, 2.05) is 43.3 Å². The summed E-state index contributed by atoms with van der Waals surface area (Å²) in [5.74, 6) is 0.222. The summed E-state index contributed by atoms with van der Waals surface area (Å²) in [6.07, 6.45) is 1.89. The Morgan fingerprint density at radius 3 is 2.62 bits per heavy atom.